The largest absolute Gasteiger partial charge is 0.268 e. The first-order valence-electron chi connectivity index (χ1n) is 10.2. The molecule has 0 aliphatic heterocycles. The van der Waals surface area contributed by atoms with Gasteiger partial charge in [-0.05, 0) is 38.0 Å². The summed E-state index contributed by atoms with van der Waals surface area (Å²) in [7, 11) is 0. The predicted molar refractivity (Wildman–Crippen MR) is 123 cm³/mol. The maximum atomic E-state index is 13.4. The van der Waals surface area contributed by atoms with E-state index in [9.17, 15) is 4.79 Å². The standard InChI is InChI=1S/C22H26N4OS2/c1-4-5-6-7-11-14-28-22-24-23-21-25(17-12-9-8-10-13-17)19(27)18-15(2)16(3)29-20(18)26(21)22/h8-10,12-13H,4-7,11,14H2,1-3H3. The molecule has 1 aromatic carbocycles. The zero-order valence-corrected chi connectivity index (χ0v) is 18.8. The van der Waals surface area contributed by atoms with Crippen LogP contribution < -0.4 is 5.56 Å². The molecule has 0 radical (unpaired) electrons. The van der Waals surface area contributed by atoms with E-state index in [4.69, 9.17) is 0 Å². The van der Waals surface area contributed by atoms with Gasteiger partial charge in [0, 0.05) is 10.6 Å². The summed E-state index contributed by atoms with van der Waals surface area (Å²) in [6.07, 6.45) is 6.27. The number of unbranched alkanes of at least 4 members (excludes halogenated alkanes) is 4. The third-order valence-corrected chi connectivity index (χ3v) is 7.50. The SMILES string of the molecule is CCCCCCCSc1nnc2n(-c3ccccc3)c(=O)c3c(C)c(C)sc3n12. The maximum absolute atomic E-state index is 13.4. The zero-order valence-electron chi connectivity index (χ0n) is 17.1. The van der Waals surface area contributed by atoms with Crippen LogP contribution in [0.1, 0.15) is 49.5 Å². The minimum Gasteiger partial charge on any atom is -0.268 e. The number of para-hydroxylation sites is 1. The Bertz CT molecular complexity index is 1190. The van der Waals surface area contributed by atoms with Gasteiger partial charge in [-0.2, -0.15) is 0 Å². The lowest BCUT2D eigenvalue weighted by Crippen LogP contribution is -2.21. The van der Waals surface area contributed by atoms with Crippen LogP contribution in [0, 0.1) is 13.8 Å². The smallest absolute Gasteiger partial charge is 0.268 e. The van der Waals surface area contributed by atoms with Crippen molar-refractivity contribution < 1.29 is 0 Å². The van der Waals surface area contributed by atoms with Gasteiger partial charge in [-0.15, -0.1) is 21.5 Å². The van der Waals surface area contributed by atoms with Crippen molar-refractivity contribution in [3.8, 4) is 5.69 Å². The molecule has 0 aliphatic rings. The summed E-state index contributed by atoms with van der Waals surface area (Å²) in [6.45, 7) is 6.34. The molecule has 0 spiro atoms. The molecule has 29 heavy (non-hydrogen) atoms. The molecule has 152 valence electrons. The normalized spacial score (nSPS) is 11.7. The number of hydrogen-bond acceptors (Lipinski definition) is 5. The van der Waals surface area contributed by atoms with Crippen molar-refractivity contribution in [2.45, 2.75) is 58.0 Å². The first-order chi connectivity index (χ1) is 14.1. The van der Waals surface area contributed by atoms with Gasteiger partial charge in [0.15, 0.2) is 5.16 Å². The average molecular weight is 427 g/mol. The van der Waals surface area contributed by atoms with Crippen molar-refractivity contribution >= 4 is 39.1 Å². The predicted octanol–water partition coefficient (Wildman–Crippen LogP) is 5.77. The Morgan fingerprint density at radius 3 is 2.55 bits per heavy atom. The van der Waals surface area contributed by atoms with Crippen molar-refractivity contribution in [2.24, 2.45) is 0 Å². The Kier molecular flexibility index (Phi) is 6.06. The fourth-order valence-electron chi connectivity index (χ4n) is 3.58. The molecule has 3 heterocycles. The van der Waals surface area contributed by atoms with E-state index >= 15 is 0 Å². The van der Waals surface area contributed by atoms with Gasteiger partial charge >= 0.3 is 0 Å². The van der Waals surface area contributed by atoms with Crippen LogP contribution in [0.25, 0.3) is 21.7 Å². The number of rotatable bonds is 8. The molecule has 0 atom stereocenters. The second-order valence-corrected chi connectivity index (χ2v) is 9.59. The van der Waals surface area contributed by atoms with Crippen LogP contribution in [-0.2, 0) is 0 Å². The van der Waals surface area contributed by atoms with Gasteiger partial charge in [0.05, 0.1) is 11.1 Å². The highest BCUT2D eigenvalue weighted by atomic mass is 32.2. The van der Waals surface area contributed by atoms with Crippen LogP contribution >= 0.6 is 23.1 Å². The van der Waals surface area contributed by atoms with Gasteiger partial charge in [0.25, 0.3) is 5.56 Å². The number of aryl methyl sites for hydroxylation is 2. The average Bonchev–Trinajstić information content (AvgIpc) is 3.27. The van der Waals surface area contributed by atoms with Gasteiger partial charge < -0.3 is 0 Å². The second kappa shape index (κ2) is 8.71. The lowest BCUT2D eigenvalue weighted by Gasteiger charge is -2.09. The quantitative estimate of drug-likeness (QED) is 0.265. The zero-order chi connectivity index (χ0) is 20.4. The fourth-order valence-corrected chi connectivity index (χ4v) is 5.71. The Hall–Kier alpha value is -2.12. The molecular formula is C22H26N4OS2. The topological polar surface area (TPSA) is 52.2 Å². The summed E-state index contributed by atoms with van der Waals surface area (Å²) in [5.74, 6) is 1.60. The number of hydrogen-bond donors (Lipinski definition) is 0. The fraction of sp³-hybridized carbons (Fsp3) is 0.409. The molecule has 3 aromatic heterocycles. The molecule has 4 aromatic rings. The summed E-state index contributed by atoms with van der Waals surface area (Å²) < 4.78 is 3.77. The molecule has 5 nitrogen and oxygen atoms in total. The molecule has 0 aliphatic carbocycles. The number of aromatic nitrogens is 4. The molecule has 0 bridgehead atoms. The number of nitrogens with zero attached hydrogens (tertiary/aromatic N) is 4. The van der Waals surface area contributed by atoms with Gasteiger partial charge in [-0.25, -0.2) is 8.97 Å². The van der Waals surface area contributed by atoms with Crippen molar-refractivity contribution in [3.63, 3.8) is 0 Å². The van der Waals surface area contributed by atoms with Gasteiger partial charge in [0.1, 0.15) is 4.83 Å². The highest BCUT2D eigenvalue weighted by Crippen LogP contribution is 2.31. The molecule has 0 N–H and O–H groups in total. The third kappa shape index (κ3) is 3.73. The van der Waals surface area contributed by atoms with E-state index in [0.29, 0.717) is 5.78 Å². The van der Waals surface area contributed by atoms with Crippen LogP contribution in [0.4, 0.5) is 0 Å². The van der Waals surface area contributed by atoms with Crippen molar-refractivity contribution in [1.29, 1.82) is 0 Å². The summed E-state index contributed by atoms with van der Waals surface area (Å²) in [5.41, 5.74) is 1.84. The van der Waals surface area contributed by atoms with Crippen molar-refractivity contribution in [1.82, 2.24) is 19.2 Å². The van der Waals surface area contributed by atoms with Crippen molar-refractivity contribution in [2.75, 3.05) is 5.75 Å². The summed E-state index contributed by atoms with van der Waals surface area (Å²) in [6, 6.07) is 9.72. The lowest BCUT2D eigenvalue weighted by atomic mass is 10.2. The number of thiophene rings is 1. The van der Waals surface area contributed by atoms with Gasteiger partial charge in [-0.3, -0.25) is 4.79 Å². The Morgan fingerprint density at radius 2 is 1.79 bits per heavy atom. The van der Waals surface area contributed by atoms with Crippen LogP contribution in [0.15, 0.2) is 40.3 Å². The Balaban J connectivity index is 1.82. The second-order valence-electron chi connectivity index (χ2n) is 7.32. The number of fused-ring (bicyclic) bond motifs is 3. The molecule has 0 saturated heterocycles. The van der Waals surface area contributed by atoms with E-state index in [-0.39, 0.29) is 5.56 Å². The first kappa shape index (κ1) is 20.2. The van der Waals surface area contributed by atoms with Gasteiger partial charge in [0.2, 0.25) is 5.78 Å². The van der Waals surface area contributed by atoms with Crippen LogP contribution in [0.5, 0.6) is 0 Å². The molecule has 7 heteroatoms. The van der Waals surface area contributed by atoms with E-state index in [1.54, 1.807) is 27.7 Å². The first-order valence-corrected chi connectivity index (χ1v) is 12.0. The molecular weight excluding hydrogens is 400 g/mol. The molecule has 4 rings (SSSR count). The molecule has 0 amide bonds. The molecule has 0 saturated carbocycles. The van der Waals surface area contributed by atoms with E-state index < -0.39 is 0 Å². The molecule has 0 unspecified atom stereocenters. The monoisotopic (exact) mass is 426 g/mol. The van der Waals surface area contributed by atoms with E-state index in [2.05, 4.69) is 28.4 Å². The summed E-state index contributed by atoms with van der Waals surface area (Å²) >= 11 is 3.39. The Labute approximate surface area is 178 Å². The van der Waals surface area contributed by atoms with Crippen LogP contribution in [-0.4, -0.2) is 24.9 Å². The van der Waals surface area contributed by atoms with Crippen LogP contribution in [0.2, 0.25) is 0 Å². The highest BCUT2D eigenvalue weighted by molar-refractivity contribution is 7.99. The van der Waals surface area contributed by atoms with Gasteiger partial charge in [-0.1, -0.05) is 62.6 Å². The minimum absolute atomic E-state index is 0.0240. The number of thioether (sulfide) groups is 1. The minimum atomic E-state index is -0.0240. The van der Waals surface area contributed by atoms with E-state index in [0.717, 1.165) is 37.3 Å². The summed E-state index contributed by atoms with van der Waals surface area (Å²) in [4.78, 5) is 15.5. The number of benzene rings is 1. The van der Waals surface area contributed by atoms with E-state index in [1.807, 2.05) is 37.3 Å². The summed E-state index contributed by atoms with van der Waals surface area (Å²) in [5, 5.41) is 10.5. The Morgan fingerprint density at radius 1 is 1.03 bits per heavy atom. The third-order valence-electron chi connectivity index (χ3n) is 5.30. The molecule has 0 fully saturated rings. The van der Waals surface area contributed by atoms with Crippen molar-refractivity contribution in [3.05, 3.63) is 51.1 Å². The van der Waals surface area contributed by atoms with E-state index in [1.165, 1.54) is 32.1 Å². The lowest BCUT2D eigenvalue weighted by molar-refractivity contribution is 0.659. The van der Waals surface area contributed by atoms with Crippen LogP contribution in [0.3, 0.4) is 0 Å². The highest BCUT2D eigenvalue weighted by Gasteiger charge is 2.21. The maximum Gasteiger partial charge on any atom is 0.268 e.